The average Bonchev–Trinajstić information content (AvgIpc) is 3.17. The second kappa shape index (κ2) is 11.3. The third-order valence-corrected chi connectivity index (χ3v) is 7.01. The summed E-state index contributed by atoms with van der Waals surface area (Å²) in [5.74, 6) is 2.15. The number of aryl methyl sites for hydroxylation is 1. The molecule has 2 fully saturated rings. The van der Waals surface area contributed by atoms with Gasteiger partial charge in [-0.25, -0.2) is 9.37 Å². The van der Waals surface area contributed by atoms with Gasteiger partial charge in [-0.05, 0) is 95.4 Å². The number of aromatic nitrogens is 1. The van der Waals surface area contributed by atoms with Gasteiger partial charge in [0.2, 0.25) is 11.8 Å². The Morgan fingerprint density at radius 1 is 1.15 bits per heavy atom. The van der Waals surface area contributed by atoms with Crippen molar-refractivity contribution in [2.75, 3.05) is 39.3 Å². The van der Waals surface area contributed by atoms with Crippen molar-refractivity contribution in [1.29, 1.82) is 0 Å². The van der Waals surface area contributed by atoms with Crippen LogP contribution in [-0.2, 0) is 11.3 Å². The minimum atomic E-state index is -0.272. The molecule has 2 aliphatic heterocycles. The predicted octanol–water partition coefficient (Wildman–Crippen LogP) is 4.24. The first-order valence-electron chi connectivity index (χ1n) is 12.4. The quantitative estimate of drug-likeness (QED) is 0.602. The van der Waals surface area contributed by atoms with Crippen molar-refractivity contribution >= 4 is 5.91 Å². The Morgan fingerprint density at radius 3 is 2.64 bits per heavy atom. The molecule has 6 nitrogen and oxygen atoms in total. The highest BCUT2D eigenvalue weighted by atomic mass is 19.1. The van der Waals surface area contributed by atoms with Gasteiger partial charge in [0.05, 0.1) is 5.69 Å². The largest absolute Gasteiger partial charge is 0.441 e. The van der Waals surface area contributed by atoms with Gasteiger partial charge >= 0.3 is 0 Å². The number of amides is 1. The maximum atomic E-state index is 13.2. The van der Waals surface area contributed by atoms with Crippen LogP contribution in [-0.4, -0.2) is 60.0 Å². The number of halogens is 1. The monoisotopic (exact) mass is 456 g/mol. The van der Waals surface area contributed by atoms with E-state index in [-0.39, 0.29) is 17.6 Å². The van der Waals surface area contributed by atoms with Crippen LogP contribution in [0, 0.1) is 24.6 Å². The normalized spacial score (nSPS) is 20.8. The lowest BCUT2D eigenvalue weighted by Gasteiger charge is -2.31. The predicted molar refractivity (Wildman–Crippen MR) is 127 cm³/mol. The summed E-state index contributed by atoms with van der Waals surface area (Å²) < 4.78 is 19.0. The fraction of sp³-hybridized carbons (Fsp3) is 0.615. The molecular weight excluding hydrogens is 419 g/mol. The molecule has 7 heteroatoms. The van der Waals surface area contributed by atoms with Crippen molar-refractivity contribution in [2.45, 2.75) is 52.5 Å². The van der Waals surface area contributed by atoms with Gasteiger partial charge in [-0.2, -0.15) is 0 Å². The highest BCUT2D eigenvalue weighted by molar-refractivity contribution is 5.78. The minimum absolute atomic E-state index is 0.101. The highest BCUT2D eigenvalue weighted by Gasteiger charge is 2.26. The van der Waals surface area contributed by atoms with Crippen LogP contribution in [0.15, 0.2) is 28.7 Å². The first-order valence-corrected chi connectivity index (χ1v) is 12.4. The molecule has 0 unspecified atom stereocenters. The van der Waals surface area contributed by atoms with E-state index in [2.05, 4.69) is 27.0 Å². The van der Waals surface area contributed by atoms with Crippen LogP contribution in [0.3, 0.4) is 0 Å². The molecule has 0 saturated carbocycles. The van der Waals surface area contributed by atoms with E-state index in [1.807, 2.05) is 6.92 Å². The van der Waals surface area contributed by atoms with E-state index in [1.54, 1.807) is 12.1 Å². The fourth-order valence-electron chi connectivity index (χ4n) is 5.00. The van der Waals surface area contributed by atoms with E-state index < -0.39 is 0 Å². The van der Waals surface area contributed by atoms with Crippen molar-refractivity contribution in [2.24, 2.45) is 11.8 Å². The number of piperidine rings is 2. The van der Waals surface area contributed by atoms with Gasteiger partial charge in [0.25, 0.3) is 0 Å². The van der Waals surface area contributed by atoms with Crippen molar-refractivity contribution < 1.29 is 13.6 Å². The Morgan fingerprint density at radius 2 is 1.91 bits per heavy atom. The molecule has 4 rings (SSSR count). The van der Waals surface area contributed by atoms with Crippen LogP contribution < -0.4 is 5.32 Å². The molecule has 2 aliphatic rings. The van der Waals surface area contributed by atoms with E-state index in [1.165, 1.54) is 38.1 Å². The lowest BCUT2D eigenvalue weighted by atomic mass is 9.95. The number of nitrogens with one attached hydrogen (secondary N) is 1. The molecule has 3 heterocycles. The van der Waals surface area contributed by atoms with Crippen LogP contribution in [0.2, 0.25) is 0 Å². The summed E-state index contributed by atoms with van der Waals surface area (Å²) in [5, 5.41) is 3.16. The fourth-order valence-corrected chi connectivity index (χ4v) is 5.00. The van der Waals surface area contributed by atoms with E-state index in [4.69, 9.17) is 4.42 Å². The Balaban J connectivity index is 1.17. The summed E-state index contributed by atoms with van der Waals surface area (Å²) >= 11 is 0. The summed E-state index contributed by atoms with van der Waals surface area (Å²) in [4.78, 5) is 22.1. The van der Waals surface area contributed by atoms with Gasteiger partial charge in [-0.1, -0.05) is 6.92 Å². The third-order valence-electron chi connectivity index (χ3n) is 7.01. The van der Waals surface area contributed by atoms with Gasteiger partial charge in [-0.15, -0.1) is 0 Å². The first kappa shape index (κ1) is 23.9. The van der Waals surface area contributed by atoms with Gasteiger partial charge in [0.15, 0.2) is 0 Å². The van der Waals surface area contributed by atoms with Gasteiger partial charge < -0.3 is 14.6 Å². The van der Waals surface area contributed by atoms with Crippen molar-refractivity contribution in [3.63, 3.8) is 0 Å². The zero-order chi connectivity index (χ0) is 23.2. The average molecular weight is 457 g/mol. The molecule has 1 aromatic heterocycles. The zero-order valence-electron chi connectivity index (χ0n) is 20.0. The van der Waals surface area contributed by atoms with Crippen LogP contribution in [0.1, 0.15) is 50.5 Å². The van der Waals surface area contributed by atoms with E-state index >= 15 is 0 Å². The molecule has 1 amide bonds. The van der Waals surface area contributed by atoms with Gasteiger partial charge in [-0.3, -0.25) is 9.69 Å². The highest BCUT2D eigenvalue weighted by Crippen LogP contribution is 2.25. The smallest absolute Gasteiger partial charge is 0.226 e. The maximum Gasteiger partial charge on any atom is 0.226 e. The number of oxazole rings is 1. The molecule has 1 N–H and O–H groups in total. The Labute approximate surface area is 196 Å². The second-order valence-corrected chi connectivity index (χ2v) is 9.77. The van der Waals surface area contributed by atoms with Crippen molar-refractivity contribution in [3.8, 4) is 11.5 Å². The molecule has 2 aromatic rings. The molecule has 0 bridgehead atoms. The van der Waals surface area contributed by atoms with Crippen LogP contribution in [0.5, 0.6) is 0 Å². The number of nitrogens with zero attached hydrogens (tertiary/aromatic N) is 3. The number of rotatable bonds is 8. The van der Waals surface area contributed by atoms with E-state index in [0.29, 0.717) is 12.4 Å². The third kappa shape index (κ3) is 6.64. The number of carbonyl (C=O) groups is 1. The lowest BCUT2D eigenvalue weighted by Crippen LogP contribution is -2.41. The Hall–Kier alpha value is -2.25. The number of benzene rings is 1. The molecule has 1 atom stereocenters. The lowest BCUT2D eigenvalue weighted by molar-refractivity contribution is -0.126. The summed E-state index contributed by atoms with van der Waals surface area (Å²) in [6, 6.07) is 6.19. The minimum Gasteiger partial charge on any atom is -0.441 e. The number of likely N-dealkylation sites (tertiary alicyclic amines) is 2. The first-order chi connectivity index (χ1) is 16.0. The molecule has 0 radical (unpaired) electrons. The van der Waals surface area contributed by atoms with Crippen LogP contribution in [0.25, 0.3) is 11.5 Å². The summed E-state index contributed by atoms with van der Waals surface area (Å²) in [6.07, 6.45) is 5.42. The molecular formula is C26H37FN4O2. The van der Waals surface area contributed by atoms with Gasteiger partial charge in [0.1, 0.15) is 11.6 Å². The van der Waals surface area contributed by atoms with Crippen LogP contribution in [0.4, 0.5) is 4.39 Å². The van der Waals surface area contributed by atoms with Crippen molar-refractivity contribution in [1.82, 2.24) is 20.1 Å². The molecule has 1 aromatic carbocycles. The van der Waals surface area contributed by atoms with E-state index in [0.717, 1.165) is 68.4 Å². The zero-order valence-corrected chi connectivity index (χ0v) is 20.0. The van der Waals surface area contributed by atoms with Gasteiger partial charge in [0, 0.05) is 31.1 Å². The summed E-state index contributed by atoms with van der Waals surface area (Å²) in [7, 11) is 0. The molecule has 0 spiro atoms. The standard InChI is InChI=1S/C26H37FN4O2/c1-19-5-3-13-30(17-19)14-4-12-28-25(32)21-10-15-31(16-11-21)18-24-20(2)33-26(29-24)22-6-8-23(27)9-7-22/h6-9,19,21H,3-5,10-18H2,1-2H3,(H,28,32)/t19-/m0/s1. The Bertz CT molecular complexity index is 906. The summed E-state index contributed by atoms with van der Waals surface area (Å²) in [5.41, 5.74) is 1.68. The number of hydrogen-bond donors (Lipinski definition) is 1. The number of hydrogen-bond acceptors (Lipinski definition) is 5. The summed E-state index contributed by atoms with van der Waals surface area (Å²) in [6.45, 7) is 11.0. The molecule has 2 saturated heterocycles. The van der Waals surface area contributed by atoms with Crippen molar-refractivity contribution in [3.05, 3.63) is 41.5 Å². The molecule has 33 heavy (non-hydrogen) atoms. The number of carbonyl (C=O) groups excluding carboxylic acids is 1. The van der Waals surface area contributed by atoms with E-state index in [9.17, 15) is 9.18 Å². The maximum absolute atomic E-state index is 13.2. The molecule has 0 aliphatic carbocycles. The van der Waals surface area contributed by atoms with Crippen LogP contribution >= 0.6 is 0 Å². The Kier molecular flexibility index (Phi) is 8.15. The molecule has 180 valence electrons. The topological polar surface area (TPSA) is 61.6 Å². The SMILES string of the molecule is Cc1oc(-c2ccc(F)cc2)nc1CN1CCC(C(=O)NCCCN2CCC[C@H](C)C2)CC1. The second-order valence-electron chi connectivity index (χ2n) is 9.77.